The molecule has 2 unspecified atom stereocenters. The summed E-state index contributed by atoms with van der Waals surface area (Å²) in [5.41, 5.74) is 0.554. The second kappa shape index (κ2) is 6.85. The van der Waals surface area contributed by atoms with Crippen LogP contribution < -0.4 is 0 Å². The number of aliphatic carboxylic acids is 1. The zero-order valence-corrected chi connectivity index (χ0v) is 13.0. The van der Waals surface area contributed by atoms with Crippen LogP contribution in [-0.4, -0.2) is 35.1 Å². The first-order chi connectivity index (χ1) is 10.4. The third-order valence-electron chi connectivity index (χ3n) is 3.58. The third kappa shape index (κ3) is 4.02. The zero-order valence-electron chi connectivity index (χ0n) is 12.2. The predicted molar refractivity (Wildman–Crippen MR) is 83.7 cm³/mol. The number of carbonyl (C=O) groups is 1. The van der Waals surface area contributed by atoms with Crippen molar-refractivity contribution < 1.29 is 18.7 Å². The van der Waals surface area contributed by atoms with Crippen LogP contribution in [0.25, 0.3) is 11.3 Å². The maximum absolute atomic E-state index is 11.3. The highest BCUT2D eigenvalue weighted by Gasteiger charge is 2.34. The second-order valence-electron chi connectivity index (χ2n) is 5.44. The third-order valence-corrected chi connectivity index (χ3v) is 4.47. The fourth-order valence-corrected chi connectivity index (χ4v) is 2.94. The molecule has 0 radical (unpaired) electrons. The van der Waals surface area contributed by atoms with Crippen molar-refractivity contribution in [2.24, 2.45) is 5.41 Å². The predicted octanol–water partition coefficient (Wildman–Crippen LogP) is 2.25. The van der Waals surface area contributed by atoms with Crippen LogP contribution in [0.5, 0.6) is 0 Å². The van der Waals surface area contributed by atoms with E-state index in [1.165, 1.54) is 6.92 Å². The van der Waals surface area contributed by atoms with Crippen LogP contribution in [0, 0.1) is 5.41 Å². The van der Waals surface area contributed by atoms with Gasteiger partial charge in [0.15, 0.2) is 11.1 Å². The van der Waals surface area contributed by atoms with E-state index in [0.717, 1.165) is 11.3 Å². The van der Waals surface area contributed by atoms with Crippen LogP contribution in [0.1, 0.15) is 13.3 Å². The summed E-state index contributed by atoms with van der Waals surface area (Å²) in [7, 11) is 0. The van der Waals surface area contributed by atoms with Crippen LogP contribution in [0.2, 0.25) is 0 Å². The van der Waals surface area contributed by atoms with E-state index >= 15 is 0 Å². The SMILES string of the molecule is CC(CCn1cnc(-c2ccccc2)c1)(CS(=O)O)C(=O)O. The van der Waals surface area contributed by atoms with Gasteiger partial charge in [-0.1, -0.05) is 30.3 Å². The Balaban J connectivity index is 2.07. The average molecular weight is 322 g/mol. The number of rotatable bonds is 7. The summed E-state index contributed by atoms with van der Waals surface area (Å²) in [6.07, 6.45) is 3.73. The van der Waals surface area contributed by atoms with E-state index in [2.05, 4.69) is 4.98 Å². The van der Waals surface area contributed by atoms with Crippen LogP contribution in [-0.2, 0) is 22.4 Å². The molecular weight excluding hydrogens is 304 g/mol. The zero-order chi connectivity index (χ0) is 16.2. The quantitative estimate of drug-likeness (QED) is 0.763. The summed E-state index contributed by atoms with van der Waals surface area (Å²) in [6.45, 7) is 1.90. The van der Waals surface area contributed by atoms with Crippen molar-refractivity contribution in [3.63, 3.8) is 0 Å². The molecule has 0 fully saturated rings. The Morgan fingerprint density at radius 3 is 2.64 bits per heavy atom. The minimum atomic E-state index is -2.14. The summed E-state index contributed by atoms with van der Waals surface area (Å²) in [5, 5.41) is 9.27. The van der Waals surface area contributed by atoms with E-state index in [4.69, 9.17) is 4.55 Å². The Labute approximate surface area is 131 Å². The Morgan fingerprint density at radius 1 is 1.36 bits per heavy atom. The molecule has 2 atom stereocenters. The lowest BCUT2D eigenvalue weighted by Crippen LogP contribution is -2.34. The maximum Gasteiger partial charge on any atom is 0.310 e. The molecule has 0 spiro atoms. The minimum Gasteiger partial charge on any atom is -0.481 e. The number of imidazole rings is 1. The molecule has 0 bridgehead atoms. The Hall–Kier alpha value is -1.99. The van der Waals surface area contributed by atoms with Crippen molar-refractivity contribution in [2.75, 3.05) is 5.75 Å². The fraction of sp³-hybridized carbons (Fsp3) is 0.333. The number of hydrogen-bond acceptors (Lipinski definition) is 3. The number of aryl methyl sites for hydroxylation is 1. The first-order valence-electron chi connectivity index (χ1n) is 6.79. The molecular formula is C15H18N2O4S. The van der Waals surface area contributed by atoms with Crippen molar-refractivity contribution >= 4 is 17.0 Å². The molecule has 7 heteroatoms. The van der Waals surface area contributed by atoms with Crippen molar-refractivity contribution in [2.45, 2.75) is 19.9 Å². The maximum atomic E-state index is 11.3. The van der Waals surface area contributed by atoms with Crippen LogP contribution in [0.4, 0.5) is 0 Å². The molecule has 2 N–H and O–H groups in total. The van der Waals surface area contributed by atoms with E-state index in [0.29, 0.717) is 6.54 Å². The number of benzene rings is 1. The van der Waals surface area contributed by atoms with Gasteiger partial charge in [-0.2, -0.15) is 0 Å². The molecule has 1 aromatic carbocycles. The largest absolute Gasteiger partial charge is 0.481 e. The van der Waals surface area contributed by atoms with Gasteiger partial charge in [-0.15, -0.1) is 0 Å². The molecule has 118 valence electrons. The number of hydrogen-bond donors (Lipinski definition) is 2. The molecule has 2 rings (SSSR count). The fourth-order valence-electron chi connectivity index (χ4n) is 2.13. The molecule has 0 amide bonds. The number of nitrogens with zero attached hydrogens (tertiary/aromatic N) is 2. The van der Waals surface area contributed by atoms with E-state index in [1.807, 2.05) is 36.5 Å². The monoisotopic (exact) mass is 322 g/mol. The van der Waals surface area contributed by atoms with Gasteiger partial charge in [-0.05, 0) is 13.3 Å². The van der Waals surface area contributed by atoms with Crippen molar-refractivity contribution in [3.8, 4) is 11.3 Å². The van der Waals surface area contributed by atoms with Gasteiger partial charge in [-0.25, -0.2) is 9.19 Å². The smallest absolute Gasteiger partial charge is 0.310 e. The van der Waals surface area contributed by atoms with Gasteiger partial charge in [0.05, 0.1) is 23.2 Å². The molecule has 22 heavy (non-hydrogen) atoms. The van der Waals surface area contributed by atoms with E-state index in [9.17, 15) is 14.1 Å². The Bertz CT molecular complexity index is 671. The number of carboxylic acid groups (broad SMARTS) is 1. The van der Waals surface area contributed by atoms with Crippen molar-refractivity contribution in [3.05, 3.63) is 42.9 Å². The summed E-state index contributed by atoms with van der Waals surface area (Å²) < 4.78 is 21.7. The summed E-state index contributed by atoms with van der Waals surface area (Å²) in [6, 6.07) is 9.67. The molecule has 0 aliphatic carbocycles. The summed E-state index contributed by atoms with van der Waals surface area (Å²) >= 11 is -2.14. The van der Waals surface area contributed by atoms with E-state index in [-0.39, 0.29) is 12.2 Å². The van der Waals surface area contributed by atoms with Gasteiger partial charge in [0, 0.05) is 18.3 Å². The number of aromatic nitrogens is 2. The highest BCUT2D eigenvalue weighted by atomic mass is 32.2. The normalized spacial score (nSPS) is 15.2. The van der Waals surface area contributed by atoms with Gasteiger partial charge in [0.25, 0.3) is 0 Å². The Kier molecular flexibility index (Phi) is 5.10. The topological polar surface area (TPSA) is 92.4 Å². The van der Waals surface area contributed by atoms with Gasteiger partial charge < -0.3 is 14.2 Å². The van der Waals surface area contributed by atoms with Gasteiger partial charge >= 0.3 is 5.97 Å². The summed E-state index contributed by atoms with van der Waals surface area (Å²) in [5.74, 6) is -1.36. The average Bonchev–Trinajstić information content (AvgIpc) is 2.94. The summed E-state index contributed by atoms with van der Waals surface area (Å²) in [4.78, 5) is 15.6. The van der Waals surface area contributed by atoms with E-state index in [1.54, 1.807) is 10.9 Å². The molecule has 0 saturated heterocycles. The first-order valence-corrected chi connectivity index (χ1v) is 8.06. The van der Waals surface area contributed by atoms with Crippen LogP contribution >= 0.6 is 0 Å². The van der Waals surface area contributed by atoms with Crippen molar-refractivity contribution in [1.29, 1.82) is 0 Å². The van der Waals surface area contributed by atoms with E-state index < -0.39 is 22.5 Å². The lowest BCUT2D eigenvalue weighted by molar-refractivity contribution is -0.147. The van der Waals surface area contributed by atoms with Crippen LogP contribution in [0.15, 0.2) is 42.9 Å². The molecule has 1 heterocycles. The minimum absolute atomic E-state index is 0.249. The molecule has 2 aromatic rings. The Morgan fingerprint density at radius 2 is 2.05 bits per heavy atom. The molecule has 1 aromatic heterocycles. The first kappa shape index (κ1) is 16.4. The highest BCUT2D eigenvalue weighted by Crippen LogP contribution is 2.24. The molecule has 0 aliphatic heterocycles. The van der Waals surface area contributed by atoms with Crippen molar-refractivity contribution in [1.82, 2.24) is 9.55 Å². The standard InChI is InChI=1S/C15H18N2O4S/c1-15(14(18)19,10-22(20)21)7-8-17-9-13(16-11-17)12-5-3-2-4-6-12/h2-6,9,11H,7-8,10H2,1H3,(H,18,19)(H,20,21). The molecule has 6 nitrogen and oxygen atoms in total. The lowest BCUT2D eigenvalue weighted by atomic mass is 9.89. The molecule has 0 aliphatic rings. The van der Waals surface area contributed by atoms with Gasteiger partial charge in [0.2, 0.25) is 0 Å². The molecule has 0 saturated carbocycles. The van der Waals surface area contributed by atoms with Crippen LogP contribution in [0.3, 0.4) is 0 Å². The van der Waals surface area contributed by atoms with Gasteiger partial charge in [0.1, 0.15) is 0 Å². The second-order valence-corrected chi connectivity index (χ2v) is 6.38. The highest BCUT2D eigenvalue weighted by molar-refractivity contribution is 7.79. The lowest BCUT2D eigenvalue weighted by Gasteiger charge is -2.22. The number of carboxylic acids is 1. The van der Waals surface area contributed by atoms with Gasteiger partial charge in [-0.3, -0.25) is 4.79 Å².